The van der Waals surface area contributed by atoms with Crippen molar-refractivity contribution < 1.29 is 9.59 Å². The maximum absolute atomic E-state index is 13.3. The number of amides is 2. The molecular weight excluding hydrogens is 442 g/mol. The number of rotatable bonds is 3. The van der Waals surface area contributed by atoms with Crippen LogP contribution in [0.2, 0.25) is 5.02 Å². The van der Waals surface area contributed by atoms with Gasteiger partial charge in [0.05, 0.1) is 5.69 Å². The van der Waals surface area contributed by atoms with Gasteiger partial charge in [-0.2, -0.15) is 0 Å². The predicted molar refractivity (Wildman–Crippen MR) is 132 cm³/mol. The van der Waals surface area contributed by atoms with E-state index >= 15 is 0 Å². The van der Waals surface area contributed by atoms with Crippen molar-refractivity contribution in [1.82, 2.24) is 9.88 Å². The van der Waals surface area contributed by atoms with Crippen LogP contribution >= 0.6 is 23.8 Å². The number of halogens is 1. The summed E-state index contributed by atoms with van der Waals surface area (Å²) in [6.45, 7) is 8.10. The van der Waals surface area contributed by atoms with E-state index < -0.39 is 11.8 Å². The van der Waals surface area contributed by atoms with Gasteiger partial charge in [-0.25, -0.2) is 0 Å². The maximum Gasteiger partial charge on any atom is 0.270 e. The van der Waals surface area contributed by atoms with Crippen molar-refractivity contribution in [2.45, 2.75) is 27.7 Å². The number of nitrogens with one attached hydrogen (secondary N) is 1. The number of thiocarbonyl (C=S) groups is 1. The van der Waals surface area contributed by atoms with E-state index in [1.165, 1.54) is 16.0 Å². The second-order valence-corrected chi connectivity index (χ2v) is 8.77. The van der Waals surface area contributed by atoms with Crippen LogP contribution in [-0.4, -0.2) is 21.5 Å². The number of hydrogen-bond donors (Lipinski definition) is 1. The summed E-state index contributed by atoms with van der Waals surface area (Å²) in [4.78, 5) is 27.3. The van der Waals surface area contributed by atoms with Crippen molar-refractivity contribution >= 4 is 52.5 Å². The van der Waals surface area contributed by atoms with Gasteiger partial charge in [-0.3, -0.25) is 19.8 Å². The largest absolute Gasteiger partial charge is 0.318 e. The summed E-state index contributed by atoms with van der Waals surface area (Å²) in [5.74, 6) is -1.01. The number of hydrogen-bond acceptors (Lipinski definition) is 3. The lowest BCUT2D eigenvalue weighted by molar-refractivity contribution is -0.122. The summed E-state index contributed by atoms with van der Waals surface area (Å²) in [7, 11) is 0. The fourth-order valence-electron chi connectivity index (χ4n) is 4.07. The average molecular weight is 464 g/mol. The van der Waals surface area contributed by atoms with Gasteiger partial charge in [0.1, 0.15) is 5.57 Å². The third-order valence-corrected chi connectivity index (χ3v) is 5.92. The van der Waals surface area contributed by atoms with Crippen molar-refractivity contribution in [2.75, 3.05) is 4.90 Å². The van der Waals surface area contributed by atoms with Crippen molar-refractivity contribution in [3.8, 4) is 5.69 Å². The quantitative estimate of drug-likeness (QED) is 0.330. The fourth-order valence-corrected chi connectivity index (χ4v) is 4.54. The third kappa shape index (κ3) is 3.99. The van der Waals surface area contributed by atoms with Crippen LogP contribution in [-0.2, 0) is 9.59 Å². The van der Waals surface area contributed by atoms with Gasteiger partial charge in [0.15, 0.2) is 5.11 Å². The molecule has 5 nitrogen and oxygen atoms in total. The molecule has 2 amide bonds. The van der Waals surface area contributed by atoms with Gasteiger partial charge in [-0.05, 0) is 99.1 Å². The molecule has 1 aliphatic heterocycles. The molecule has 0 spiro atoms. The Labute approximate surface area is 197 Å². The summed E-state index contributed by atoms with van der Waals surface area (Å²) < 4.78 is 2.12. The molecule has 0 bridgehead atoms. The summed E-state index contributed by atoms with van der Waals surface area (Å²) >= 11 is 11.4. The molecule has 0 saturated carbocycles. The van der Waals surface area contributed by atoms with E-state index in [4.69, 9.17) is 23.8 Å². The van der Waals surface area contributed by atoms with Gasteiger partial charge < -0.3 is 4.57 Å². The lowest BCUT2D eigenvalue weighted by Crippen LogP contribution is -2.54. The standard InChI is InChI=1S/C25H22ClN3O2S/c1-14-8-15(2)10-21(9-14)28-16(3)11-18(17(28)4)12-22-23(30)27-25(32)29(24(22)31)20-7-5-6-19(26)13-20/h5-13H,1-4H3,(H,27,30,32)/b22-12+. The third-order valence-electron chi connectivity index (χ3n) is 5.40. The number of carbonyl (C=O) groups excluding carboxylic acids is 2. The van der Waals surface area contributed by atoms with Crippen LogP contribution in [0.1, 0.15) is 28.1 Å². The molecular formula is C25H22ClN3O2S. The summed E-state index contributed by atoms with van der Waals surface area (Å²) in [6.07, 6.45) is 1.62. The molecule has 1 saturated heterocycles. The molecule has 162 valence electrons. The molecule has 2 aromatic carbocycles. The van der Waals surface area contributed by atoms with Gasteiger partial charge in [-0.1, -0.05) is 23.7 Å². The number of aromatic nitrogens is 1. The lowest BCUT2D eigenvalue weighted by atomic mass is 10.1. The van der Waals surface area contributed by atoms with Crippen LogP contribution in [0.25, 0.3) is 11.8 Å². The van der Waals surface area contributed by atoms with E-state index in [2.05, 4.69) is 41.9 Å². The molecule has 1 aromatic heterocycles. The highest BCUT2D eigenvalue weighted by atomic mass is 35.5. The minimum Gasteiger partial charge on any atom is -0.318 e. The van der Waals surface area contributed by atoms with Crippen LogP contribution < -0.4 is 10.2 Å². The van der Waals surface area contributed by atoms with Crippen LogP contribution in [0.4, 0.5) is 5.69 Å². The van der Waals surface area contributed by atoms with Crippen LogP contribution in [0.3, 0.4) is 0 Å². The Morgan fingerprint density at radius 1 is 0.938 bits per heavy atom. The Hall–Kier alpha value is -3.22. The molecule has 0 radical (unpaired) electrons. The number of anilines is 1. The Bertz CT molecular complexity index is 1300. The zero-order valence-electron chi connectivity index (χ0n) is 18.2. The van der Waals surface area contributed by atoms with Crippen molar-refractivity contribution in [3.63, 3.8) is 0 Å². The smallest absolute Gasteiger partial charge is 0.270 e. The zero-order valence-corrected chi connectivity index (χ0v) is 19.8. The van der Waals surface area contributed by atoms with Crippen LogP contribution in [0.15, 0.2) is 54.1 Å². The van der Waals surface area contributed by atoms with E-state index in [0.29, 0.717) is 10.7 Å². The first kappa shape index (κ1) is 22.0. The molecule has 0 atom stereocenters. The summed E-state index contributed by atoms with van der Waals surface area (Å²) in [6, 6.07) is 15.1. The second kappa shape index (κ2) is 8.37. The molecule has 0 unspecified atom stereocenters. The van der Waals surface area contributed by atoms with E-state index in [0.717, 1.165) is 22.6 Å². The number of aryl methyl sites for hydroxylation is 3. The Morgan fingerprint density at radius 3 is 2.28 bits per heavy atom. The topological polar surface area (TPSA) is 54.3 Å². The average Bonchev–Trinajstić information content (AvgIpc) is 2.97. The Balaban J connectivity index is 1.78. The number of carbonyl (C=O) groups is 2. The first-order valence-electron chi connectivity index (χ1n) is 10.1. The molecule has 4 rings (SSSR count). The van der Waals surface area contributed by atoms with Gasteiger partial charge in [0.2, 0.25) is 0 Å². The lowest BCUT2D eigenvalue weighted by Gasteiger charge is -2.29. The molecule has 1 N–H and O–H groups in total. The SMILES string of the molecule is Cc1cc(C)cc(-n2c(C)cc(/C=C3\C(=O)NC(=S)N(c4cccc(Cl)c4)C3=O)c2C)c1. The first-order chi connectivity index (χ1) is 15.2. The monoisotopic (exact) mass is 463 g/mol. The minimum absolute atomic E-state index is 0.0132. The molecule has 2 heterocycles. The van der Waals surface area contributed by atoms with Gasteiger partial charge >= 0.3 is 0 Å². The fraction of sp³-hybridized carbons (Fsp3) is 0.160. The molecule has 7 heteroatoms. The molecule has 32 heavy (non-hydrogen) atoms. The minimum atomic E-state index is -0.519. The Kier molecular flexibility index (Phi) is 5.75. The van der Waals surface area contributed by atoms with Crippen LogP contribution in [0, 0.1) is 27.7 Å². The highest BCUT2D eigenvalue weighted by molar-refractivity contribution is 7.80. The number of benzene rings is 2. The van der Waals surface area contributed by atoms with Crippen LogP contribution in [0.5, 0.6) is 0 Å². The summed E-state index contributed by atoms with van der Waals surface area (Å²) in [5, 5.41) is 3.11. The van der Waals surface area contributed by atoms with Gasteiger partial charge in [0, 0.05) is 22.1 Å². The zero-order chi connectivity index (χ0) is 23.2. The normalized spacial score (nSPS) is 15.5. The van der Waals surface area contributed by atoms with E-state index in [1.807, 2.05) is 19.9 Å². The van der Waals surface area contributed by atoms with Crippen molar-refractivity contribution in [3.05, 3.63) is 87.2 Å². The molecule has 3 aromatic rings. The Morgan fingerprint density at radius 2 is 1.62 bits per heavy atom. The van der Waals surface area contributed by atoms with Crippen molar-refractivity contribution in [1.29, 1.82) is 0 Å². The highest BCUT2D eigenvalue weighted by Gasteiger charge is 2.34. The van der Waals surface area contributed by atoms with E-state index in [1.54, 1.807) is 30.3 Å². The predicted octanol–water partition coefficient (Wildman–Crippen LogP) is 5.20. The second-order valence-electron chi connectivity index (χ2n) is 7.95. The van der Waals surface area contributed by atoms with Crippen molar-refractivity contribution in [2.24, 2.45) is 0 Å². The first-order valence-corrected chi connectivity index (χ1v) is 10.9. The maximum atomic E-state index is 13.3. The highest BCUT2D eigenvalue weighted by Crippen LogP contribution is 2.27. The molecule has 1 aliphatic rings. The summed E-state index contributed by atoms with van der Waals surface area (Å²) in [5.41, 5.74) is 6.62. The van der Waals surface area contributed by atoms with E-state index in [-0.39, 0.29) is 10.7 Å². The van der Waals surface area contributed by atoms with E-state index in [9.17, 15) is 9.59 Å². The molecule has 1 fully saturated rings. The number of nitrogens with zero attached hydrogens (tertiary/aromatic N) is 2. The molecule has 0 aliphatic carbocycles. The van der Waals surface area contributed by atoms with Gasteiger partial charge in [0.25, 0.3) is 11.8 Å². The van der Waals surface area contributed by atoms with Gasteiger partial charge in [-0.15, -0.1) is 0 Å².